The second kappa shape index (κ2) is 12.1. The van der Waals surface area contributed by atoms with E-state index in [2.05, 4.69) is 18.7 Å². The van der Waals surface area contributed by atoms with Crippen LogP contribution in [0.25, 0.3) is 6.08 Å². The topological polar surface area (TPSA) is 73.6 Å². The van der Waals surface area contributed by atoms with Gasteiger partial charge in [-0.2, -0.15) is 0 Å². The van der Waals surface area contributed by atoms with Crippen LogP contribution < -0.4 is 9.64 Å². The number of unbranched alkanes of at least 4 members (excludes halogenated alkanes) is 4. The molecule has 0 heterocycles. The zero-order valence-corrected chi connectivity index (χ0v) is 16.3. The number of hydrogen-bond donors (Lipinski definition) is 2. The fraction of sp³-hybridized carbons (Fsp3) is 0.524. The number of hydrogen-bond acceptors (Lipinski definition) is 4. The predicted molar refractivity (Wildman–Crippen MR) is 109 cm³/mol. The summed E-state index contributed by atoms with van der Waals surface area (Å²) in [7, 11) is 1.58. The summed E-state index contributed by atoms with van der Waals surface area (Å²) in [4.78, 5) is 13.5. The molecule has 0 amide bonds. The molecule has 0 aliphatic carbocycles. The van der Waals surface area contributed by atoms with Crippen molar-refractivity contribution in [2.75, 3.05) is 25.1 Å². The van der Waals surface area contributed by atoms with Gasteiger partial charge in [-0.05, 0) is 31.1 Å². The van der Waals surface area contributed by atoms with Crippen LogP contribution in [-0.2, 0) is 4.79 Å². The molecular weight excluding hydrogens is 328 g/mol. The summed E-state index contributed by atoms with van der Waals surface area (Å²) in [5.41, 5.74) is 1.69. The van der Waals surface area contributed by atoms with Crippen LogP contribution in [0.15, 0.2) is 23.8 Å². The number of carboxylic acid groups (broad SMARTS) is 1. The number of methoxy groups -OCH3 is 1. The summed E-state index contributed by atoms with van der Waals surface area (Å²) in [6.45, 7) is 6.43. The minimum absolute atomic E-state index is 0.0706. The van der Waals surface area contributed by atoms with Crippen molar-refractivity contribution in [3.05, 3.63) is 29.3 Å². The molecule has 0 aromatic heterocycles. The number of carbonyl (C=O) groups is 1. The lowest BCUT2D eigenvalue weighted by Crippen LogP contribution is -2.25. The monoisotopic (exact) mass is 360 g/mol. The molecule has 0 aliphatic rings. The van der Waals surface area contributed by atoms with Gasteiger partial charge in [-0.15, -0.1) is 0 Å². The standard InChI is InChI=1S/C21H32N2O3/c1-4-6-8-12-23(13-9-7-5-2)19-11-10-17(20(15-19)26-3)14-18(16-22)21(24)25/h10-11,14-16,22H,4-9,12-13H2,1-3H3,(H,24,25)/b18-14+,22-16?. The number of benzene rings is 1. The Bertz CT molecular complexity index is 601. The van der Waals surface area contributed by atoms with Crippen LogP contribution in [0, 0.1) is 5.41 Å². The summed E-state index contributed by atoms with van der Waals surface area (Å²) in [5.74, 6) is -0.494. The third kappa shape index (κ3) is 6.90. The predicted octanol–water partition coefficient (Wildman–Crippen LogP) is 5.00. The highest BCUT2D eigenvalue weighted by Gasteiger charge is 2.11. The van der Waals surface area contributed by atoms with E-state index < -0.39 is 5.97 Å². The van der Waals surface area contributed by atoms with Gasteiger partial charge < -0.3 is 20.2 Å². The highest BCUT2D eigenvalue weighted by molar-refractivity contribution is 6.11. The lowest BCUT2D eigenvalue weighted by atomic mass is 10.1. The molecule has 0 radical (unpaired) electrons. The summed E-state index contributed by atoms with van der Waals surface area (Å²) >= 11 is 0. The molecule has 1 aromatic rings. The van der Waals surface area contributed by atoms with Gasteiger partial charge in [0.25, 0.3) is 0 Å². The molecule has 0 saturated carbocycles. The lowest BCUT2D eigenvalue weighted by Gasteiger charge is -2.26. The first kappa shape index (κ1) is 21.7. The van der Waals surface area contributed by atoms with Gasteiger partial charge in [-0.3, -0.25) is 0 Å². The molecule has 26 heavy (non-hydrogen) atoms. The van der Waals surface area contributed by atoms with Crippen molar-refractivity contribution in [1.82, 2.24) is 0 Å². The first-order valence-electron chi connectivity index (χ1n) is 9.45. The third-order valence-electron chi connectivity index (χ3n) is 4.36. The fourth-order valence-electron chi connectivity index (χ4n) is 2.82. The van der Waals surface area contributed by atoms with Gasteiger partial charge in [-0.25, -0.2) is 4.79 Å². The number of carboxylic acids is 1. The highest BCUT2D eigenvalue weighted by atomic mass is 16.5. The Morgan fingerprint density at radius 1 is 1.15 bits per heavy atom. The summed E-state index contributed by atoms with van der Waals surface area (Å²) in [6, 6.07) is 5.84. The van der Waals surface area contributed by atoms with Crippen molar-refractivity contribution in [2.45, 2.75) is 52.4 Å². The van der Waals surface area contributed by atoms with E-state index in [1.54, 1.807) is 7.11 Å². The molecule has 0 saturated heterocycles. The number of anilines is 1. The molecule has 2 N–H and O–H groups in total. The number of rotatable bonds is 13. The number of nitrogens with zero attached hydrogens (tertiary/aromatic N) is 1. The fourth-order valence-corrected chi connectivity index (χ4v) is 2.82. The van der Waals surface area contributed by atoms with E-state index in [-0.39, 0.29) is 5.57 Å². The number of ether oxygens (including phenoxy) is 1. The third-order valence-corrected chi connectivity index (χ3v) is 4.36. The SMILES string of the molecule is CCCCCN(CCCCC)c1ccc(/C=C(\C=N)C(=O)O)c(OC)c1. The first-order chi connectivity index (χ1) is 12.6. The van der Waals surface area contributed by atoms with Crippen LogP contribution in [0.3, 0.4) is 0 Å². The second-order valence-electron chi connectivity index (χ2n) is 6.38. The van der Waals surface area contributed by atoms with Gasteiger partial charge in [0.15, 0.2) is 0 Å². The van der Waals surface area contributed by atoms with Crippen LogP contribution >= 0.6 is 0 Å². The van der Waals surface area contributed by atoms with E-state index in [0.717, 1.165) is 37.8 Å². The Morgan fingerprint density at radius 2 is 1.77 bits per heavy atom. The highest BCUT2D eigenvalue weighted by Crippen LogP contribution is 2.28. The molecule has 5 heteroatoms. The van der Waals surface area contributed by atoms with E-state index in [1.165, 1.54) is 31.8 Å². The molecule has 1 aromatic carbocycles. The van der Waals surface area contributed by atoms with E-state index in [4.69, 9.17) is 15.3 Å². The van der Waals surface area contributed by atoms with Crippen molar-refractivity contribution >= 4 is 23.9 Å². The maximum Gasteiger partial charge on any atom is 0.337 e. The van der Waals surface area contributed by atoms with E-state index in [9.17, 15) is 4.79 Å². The quantitative estimate of drug-likeness (QED) is 0.295. The molecule has 0 aliphatic heterocycles. The van der Waals surface area contributed by atoms with Crippen LogP contribution in [0.4, 0.5) is 5.69 Å². The number of nitrogens with one attached hydrogen (secondary N) is 1. The van der Waals surface area contributed by atoms with E-state index >= 15 is 0 Å². The van der Waals surface area contributed by atoms with E-state index in [1.807, 2.05) is 18.2 Å². The van der Waals surface area contributed by atoms with Gasteiger partial charge >= 0.3 is 5.97 Å². The Hall–Kier alpha value is -2.30. The Kier molecular flexibility index (Phi) is 10.1. The molecular formula is C21H32N2O3. The normalized spacial score (nSPS) is 11.3. The van der Waals surface area contributed by atoms with Gasteiger partial charge in [0.2, 0.25) is 0 Å². The zero-order valence-electron chi connectivity index (χ0n) is 16.3. The average Bonchev–Trinajstić information content (AvgIpc) is 2.64. The van der Waals surface area contributed by atoms with Crippen molar-refractivity contribution in [1.29, 1.82) is 5.41 Å². The van der Waals surface area contributed by atoms with Gasteiger partial charge in [0.05, 0.1) is 12.7 Å². The van der Waals surface area contributed by atoms with Gasteiger partial charge in [0.1, 0.15) is 5.75 Å². The summed E-state index contributed by atoms with van der Waals surface area (Å²) in [5, 5.41) is 16.4. The summed E-state index contributed by atoms with van der Waals surface area (Å²) < 4.78 is 5.47. The lowest BCUT2D eigenvalue weighted by molar-refractivity contribution is -0.131. The number of aliphatic carboxylic acids is 1. The molecule has 0 atom stereocenters. The molecule has 0 bridgehead atoms. The van der Waals surface area contributed by atoms with Crippen molar-refractivity contribution in [2.24, 2.45) is 0 Å². The van der Waals surface area contributed by atoms with Crippen molar-refractivity contribution < 1.29 is 14.6 Å². The van der Waals surface area contributed by atoms with E-state index in [0.29, 0.717) is 11.3 Å². The van der Waals surface area contributed by atoms with Crippen LogP contribution in [0.1, 0.15) is 57.9 Å². The maximum atomic E-state index is 11.1. The molecule has 1 rings (SSSR count). The zero-order chi connectivity index (χ0) is 19.4. The van der Waals surface area contributed by atoms with Crippen LogP contribution in [0.5, 0.6) is 5.75 Å². The van der Waals surface area contributed by atoms with Crippen LogP contribution in [-0.4, -0.2) is 37.5 Å². The molecule has 0 spiro atoms. The van der Waals surface area contributed by atoms with Crippen molar-refractivity contribution in [3.63, 3.8) is 0 Å². The molecule has 0 fully saturated rings. The first-order valence-corrected chi connectivity index (χ1v) is 9.45. The largest absolute Gasteiger partial charge is 0.496 e. The Morgan fingerprint density at radius 3 is 2.23 bits per heavy atom. The Labute approximate surface area is 157 Å². The van der Waals surface area contributed by atoms with Gasteiger partial charge in [0, 0.05) is 36.6 Å². The average molecular weight is 360 g/mol. The second-order valence-corrected chi connectivity index (χ2v) is 6.38. The van der Waals surface area contributed by atoms with Gasteiger partial charge in [-0.1, -0.05) is 39.5 Å². The minimum Gasteiger partial charge on any atom is -0.496 e. The molecule has 144 valence electrons. The van der Waals surface area contributed by atoms with Crippen molar-refractivity contribution in [3.8, 4) is 5.75 Å². The summed E-state index contributed by atoms with van der Waals surface area (Å²) in [6.07, 6.45) is 9.43. The minimum atomic E-state index is -1.12. The van der Waals surface area contributed by atoms with Crippen LogP contribution in [0.2, 0.25) is 0 Å². The maximum absolute atomic E-state index is 11.1. The smallest absolute Gasteiger partial charge is 0.337 e. The Balaban J connectivity index is 3.07. The molecule has 5 nitrogen and oxygen atoms in total. The molecule has 0 unspecified atom stereocenters.